The number of nitrogen functional groups attached to an aromatic ring is 2. The second kappa shape index (κ2) is 2.76. The Bertz CT molecular complexity index is 283. The molecule has 1 atom stereocenters. The van der Waals surface area contributed by atoms with E-state index in [1.807, 2.05) is 4.83 Å². The predicted octanol–water partition coefficient (Wildman–Crippen LogP) is -1.27. The number of hydrogen-bond acceptors (Lipinski definition) is 4. The van der Waals surface area contributed by atoms with Crippen LogP contribution in [0.15, 0.2) is 6.07 Å². The molecule has 6 N–H and O–H groups in total. The number of nitrogens with one attached hydrogen (secondary N) is 1. The molecule has 0 aliphatic carbocycles. The number of anilines is 2. The summed E-state index contributed by atoms with van der Waals surface area (Å²) in [4.78, 5) is 2.94. The maximum Gasteiger partial charge on any atom is 0.275 e. The molecule has 0 aliphatic rings. The minimum atomic E-state index is -2.20. The van der Waals surface area contributed by atoms with Gasteiger partial charge in [0.05, 0.1) is 0 Å². The SMILES string of the molecule is Nc1cc(N)n(NS(=O)O)n1. The number of hydrogen-bond donors (Lipinski definition) is 4. The zero-order valence-electron chi connectivity index (χ0n) is 5.39. The average Bonchev–Trinajstić information content (AvgIpc) is 2.09. The first-order valence-electron chi connectivity index (χ1n) is 2.58. The number of aromatic nitrogens is 2. The lowest BCUT2D eigenvalue weighted by molar-refractivity contribution is 0.561. The molecule has 1 unspecified atom stereocenters. The molecule has 11 heavy (non-hydrogen) atoms. The van der Waals surface area contributed by atoms with Gasteiger partial charge in [-0.25, -0.2) is 9.04 Å². The van der Waals surface area contributed by atoms with E-state index in [4.69, 9.17) is 16.0 Å². The summed E-state index contributed by atoms with van der Waals surface area (Å²) < 4.78 is 18.5. The molecule has 1 aromatic rings. The Labute approximate surface area is 64.8 Å². The lowest BCUT2D eigenvalue weighted by atomic mass is 10.6. The van der Waals surface area contributed by atoms with Gasteiger partial charge in [-0.3, -0.25) is 4.55 Å². The second-order valence-electron chi connectivity index (χ2n) is 1.75. The van der Waals surface area contributed by atoms with E-state index in [1.165, 1.54) is 6.07 Å². The molecule has 0 radical (unpaired) electrons. The zero-order chi connectivity index (χ0) is 8.43. The first-order chi connectivity index (χ1) is 5.09. The van der Waals surface area contributed by atoms with Gasteiger partial charge in [-0.15, -0.1) is 9.89 Å². The lowest BCUT2D eigenvalue weighted by Crippen LogP contribution is -2.19. The van der Waals surface area contributed by atoms with E-state index >= 15 is 0 Å². The van der Waals surface area contributed by atoms with Crippen molar-refractivity contribution in [1.82, 2.24) is 9.89 Å². The van der Waals surface area contributed by atoms with E-state index in [0.29, 0.717) is 0 Å². The third-order valence-electron chi connectivity index (χ3n) is 0.920. The van der Waals surface area contributed by atoms with Gasteiger partial charge in [-0.1, -0.05) is 0 Å². The highest BCUT2D eigenvalue weighted by Gasteiger charge is 2.01. The van der Waals surface area contributed by atoms with E-state index in [9.17, 15) is 4.21 Å². The van der Waals surface area contributed by atoms with Gasteiger partial charge in [0, 0.05) is 6.07 Å². The highest BCUT2D eigenvalue weighted by Crippen LogP contribution is 2.04. The Kier molecular flexibility index (Phi) is 1.96. The Morgan fingerprint density at radius 3 is 2.73 bits per heavy atom. The van der Waals surface area contributed by atoms with Crippen molar-refractivity contribution in [1.29, 1.82) is 0 Å². The molecule has 62 valence electrons. The maximum absolute atomic E-state index is 10.2. The summed E-state index contributed by atoms with van der Waals surface area (Å²) in [5, 5.41) is 3.56. The minimum absolute atomic E-state index is 0.171. The first-order valence-corrected chi connectivity index (χ1v) is 3.69. The molecule has 0 fully saturated rings. The molecule has 1 heterocycles. The van der Waals surface area contributed by atoms with Crippen molar-refractivity contribution in [3.8, 4) is 0 Å². The topological polar surface area (TPSA) is 119 Å². The van der Waals surface area contributed by atoms with Crippen molar-refractivity contribution in [2.24, 2.45) is 0 Å². The summed E-state index contributed by atoms with van der Waals surface area (Å²) in [7, 11) is 0. The standard InChI is InChI=1S/C3H7N5O2S/c4-2-1-3(5)8(6-2)7-11(9)10/h1,7H,5H2,(H2,4,6)(H,9,10). The van der Waals surface area contributed by atoms with E-state index in [1.54, 1.807) is 0 Å². The third kappa shape index (κ3) is 1.82. The van der Waals surface area contributed by atoms with Crippen LogP contribution in [0.4, 0.5) is 11.6 Å². The summed E-state index contributed by atoms with van der Waals surface area (Å²) in [6.07, 6.45) is 0. The smallest absolute Gasteiger partial charge is 0.275 e. The van der Waals surface area contributed by atoms with E-state index < -0.39 is 11.3 Å². The molecule has 0 spiro atoms. The molecule has 7 nitrogen and oxygen atoms in total. The molecular formula is C3H7N5O2S. The predicted molar refractivity (Wildman–Crippen MR) is 41.2 cm³/mol. The number of rotatable bonds is 2. The fourth-order valence-electron chi connectivity index (χ4n) is 0.562. The second-order valence-corrected chi connectivity index (χ2v) is 2.43. The van der Waals surface area contributed by atoms with Gasteiger partial charge >= 0.3 is 0 Å². The first kappa shape index (κ1) is 7.82. The fraction of sp³-hybridized carbons (Fsp3) is 0. The average molecular weight is 177 g/mol. The summed E-state index contributed by atoms with van der Waals surface area (Å²) in [5.74, 6) is 0.352. The normalized spacial score (nSPS) is 12.8. The van der Waals surface area contributed by atoms with Crippen LogP contribution in [0.25, 0.3) is 0 Å². The largest absolute Gasteiger partial charge is 0.382 e. The molecule has 0 aromatic carbocycles. The molecule has 0 saturated heterocycles. The van der Waals surface area contributed by atoms with Gasteiger partial charge in [0.1, 0.15) is 11.6 Å². The highest BCUT2D eigenvalue weighted by atomic mass is 32.2. The van der Waals surface area contributed by atoms with Crippen LogP contribution in [0.5, 0.6) is 0 Å². The Balaban J connectivity index is 2.85. The van der Waals surface area contributed by atoms with Gasteiger partial charge in [0.25, 0.3) is 11.3 Å². The van der Waals surface area contributed by atoms with Crippen molar-refractivity contribution in [3.63, 3.8) is 0 Å². The van der Waals surface area contributed by atoms with Gasteiger partial charge in [-0.05, 0) is 0 Å². The molecule has 0 amide bonds. The monoisotopic (exact) mass is 177 g/mol. The van der Waals surface area contributed by atoms with Crippen LogP contribution in [-0.2, 0) is 11.3 Å². The van der Waals surface area contributed by atoms with Crippen LogP contribution in [0, 0.1) is 0 Å². The number of nitrogens with two attached hydrogens (primary N) is 2. The van der Waals surface area contributed by atoms with Crippen LogP contribution in [0.2, 0.25) is 0 Å². The van der Waals surface area contributed by atoms with Crippen LogP contribution in [0.3, 0.4) is 0 Å². The fourth-order valence-corrected chi connectivity index (χ4v) is 0.856. The summed E-state index contributed by atoms with van der Waals surface area (Å²) in [6, 6.07) is 1.36. The van der Waals surface area contributed by atoms with Gasteiger partial charge in [0.15, 0.2) is 0 Å². The Hall–Kier alpha value is -1.28. The van der Waals surface area contributed by atoms with Crippen LogP contribution in [0.1, 0.15) is 0 Å². The minimum Gasteiger partial charge on any atom is -0.382 e. The van der Waals surface area contributed by atoms with Crippen molar-refractivity contribution in [2.45, 2.75) is 0 Å². The van der Waals surface area contributed by atoms with Crippen LogP contribution in [-0.4, -0.2) is 18.7 Å². The number of nitrogens with zero attached hydrogens (tertiary/aromatic N) is 2. The van der Waals surface area contributed by atoms with Crippen molar-refractivity contribution in [2.75, 3.05) is 16.3 Å². The summed E-state index contributed by atoms with van der Waals surface area (Å²) in [5.41, 5.74) is 10.5. The van der Waals surface area contributed by atoms with Crippen LogP contribution < -0.4 is 16.3 Å². The van der Waals surface area contributed by atoms with E-state index in [2.05, 4.69) is 5.10 Å². The molecule has 1 rings (SSSR count). The molecule has 0 bridgehead atoms. The van der Waals surface area contributed by atoms with Crippen molar-refractivity contribution in [3.05, 3.63) is 6.07 Å². The summed E-state index contributed by atoms with van der Waals surface area (Å²) in [6.45, 7) is 0. The van der Waals surface area contributed by atoms with Gasteiger partial charge < -0.3 is 11.5 Å². The van der Waals surface area contributed by atoms with Gasteiger partial charge in [-0.2, -0.15) is 0 Å². The third-order valence-corrected chi connectivity index (χ3v) is 1.25. The van der Waals surface area contributed by atoms with E-state index in [0.717, 1.165) is 4.79 Å². The quantitative estimate of drug-likeness (QED) is 0.420. The maximum atomic E-state index is 10.2. The molecule has 8 heteroatoms. The molecule has 0 aliphatic heterocycles. The Morgan fingerprint density at radius 1 is 1.73 bits per heavy atom. The van der Waals surface area contributed by atoms with Gasteiger partial charge in [0.2, 0.25) is 0 Å². The molecule has 1 aromatic heterocycles. The van der Waals surface area contributed by atoms with Crippen molar-refractivity contribution < 1.29 is 8.76 Å². The molecule has 0 saturated carbocycles. The zero-order valence-corrected chi connectivity index (χ0v) is 6.21. The highest BCUT2D eigenvalue weighted by molar-refractivity contribution is 7.80. The Morgan fingerprint density at radius 2 is 2.36 bits per heavy atom. The summed E-state index contributed by atoms with van der Waals surface area (Å²) >= 11 is -2.20. The van der Waals surface area contributed by atoms with Crippen LogP contribution >= 0.6 is 0 Å². The van der Waals surface area contributed by atoms with Crippen molar-refractivity contribution >= 4 is 22.9 Å². The van der Waals surface area contributed by atoms with E-state index in [-0.39, 0.29) is 11.6 Å². The molecular weight excluding hydrogens is 170 g/mol. The lowest BCUT2D eigenvalue weighted by Gasteiger charge is -2.00.